The van der Waals surface area contributed by atoms with Crippen LogP contribution in [0, 0.1) is 34.5 Å². The number of urea groups is 1. The Labute approximate surface area is 299 Å². The maximum Gasteiger partial charge on any atom is 0.315 e. The van der Waals surface area contributed by atoms with Gasteiger partial charge in [0.15, 0.2) is 15.6 Å². The van der Waals surface area contributed by atoms with E-state index >= 15 is 0 Å². The molecule has 12 heteroatoms. The summed E-state index contributed by atoms with van der Waals surface area (Å²) >= 11 is 0. The van der Waals surface area contributed by atoms with Crippen molar-refractivity contribution in [1.29, 1.82) is 0 Å². The Balaban J connectivity index is 1.55. The molecule has 1 heterocycles. The van der Waals surface area contributed by atoms with Gasteiger partial charge < -0.3 is 20.9 Å². The Kier molecular flexibility index (Phi) is 11.8. The number of carbonyl (C=O) groups excluding carboxylic acids is 5. The third-order valence-electron chi connectivity index (χ3n) is 11.9. The van der Waals surface area contributed by atoms with Crippen LogP contribution in [-0.2, 0) is 29.0 Å². The number of sulfone groups is 1. The molecule has 4 rings (SSSR count). The Hall–Kier alpha value is -2.76. The summed E-state index contributed by atoms with van der Waals surface area (Å²) in [5.41, 5.74) is -1.86. The van der Waals surface area contributed by atoms with E-state index in [4.69, 9.17) is 0 Å². The maximum atomic E-state index is 14.5. The molecule has 3 saturated carbocycles. The standard InChI is InChI=1S/C38H62N4O7S/c1-10-20-39-32(45)30(44)25(17-16-24-14-15-24)21-27(43)29-28-26(37(28,8)9)22-42(29)33(46)31(35(2,3)4)40-34(47)41-38(18-12-11-13-19-38)23-50(48,49)36(5,6)7/h10,24-26,28-29,31H,1,11-23H2,2-9H3,(H,39,45)(H2,40,41,47)/t25-,26+,28+,29-,31-/m1/s1. The first-order valence-corrected chi connectivity index (χ1v) is 20.3. The van der Waals surface area contributed by atoms with Gasteiger partial charge in [0, 0.05) is 25.4 Å². The van der Waals surface area contributed by atoms with Gasteiger partial charge in [0.25, 0.3) is 5.91 Å². The highest BCUT2D eigenvalue weighted by Crippen LogP contribution is 2.65. The van der Waals surface area contributed by atoms with E-state index in [-0.39, 0.29) is 47.7 Å². The van der Waals surface area contributed by atoms with Gasteiger partial charge in [0.2, 0.25) is 11.7 Å². The van der Waals surface area contributed by atoms with Gasteiger partial charge >= 0.3 is 6.03 Å². The summed E-state index contributed by atoms with van der Waals surface area (Å²) < 4.78 is 25.7. The van der Waals surface area contributed by atoms with Gasteiger partial charge in [-0.15, -0.1) is 6.58 Å². The zero-order valence-corrected chi connectivity index (χ0v) is 32.5. The Morgan fingerprint density at radius 2 is 1.60 bits per heavy atom. The zero-order valence-electron chi connectivity index (χ0n) is 31.7. The highest BCUT2D eigenvalue weighted by atomic mass is 32.2. The second-order valence-electron chi connectivity index (χ2n) is 18.3. The zero-order chi connectivity index (χ0) is 37.4. The summed E-state index contributed by atoms with van der Waals surface area (Å²) in [4.78, 5) is 70.1. The van der Waals surface area contributed by atoms with Crippen LogP contribution in [0.15, 0.2) is 12.7 Å². The predicted molar refractivity (Wildman–Crippen MR) is 194 cm³/mol. The fourth-order valence-corrected chi connectivity index (χ4v) is 9.71. The van der Waals surface area contributed by atoms with Gasteiger partial charge in [0.1, 0.15) is 6.04 Å². The molecule has 50 heavy (non-hydrogen) atoms. The molecule has 282 valence electrons. The summed E-state index contributed by atoms with van der Waals surface area (Å²) in [5, 5.41) is 8.48. The van der Waals surface area contributed by atoms with Crippen molar-refractivity contribution in [2.45, 2.75) is 142 Å². The molecule has 0 aromatic heterocycles. The van der Waals surface area contributed by atoms with E-state index in [1.807, 2.05) is 20.8 Å². The van der Waals surface area contributed by atoms with Crippen LogP contribution < -0.4 is 16.0 Å². The van der Waals surface area contributed by atoms with Crippen LogP contribution in [0.3, 0.4) is 0 Å². The Morgan fingerprint density at radius 3 is 2.14 bits per heavy atom. The minimum Gasteiger partial charge on any atom is -0.346 e. The van der Waals surface area contributed by atoms with Crippen molar-refractivity contribution < 1.29 is 32.4 Å². The molecular weight excluding hydrogens is 657 g/mol. The number of ketones is 2. The summed E-state index contributed by atoms with van der Waals surface area (Å²) in [6.45, 7) is 18.8. The normalized spacial score (nSPS) is 25.4. The first-order chi connectivity index (χ1) is 23.0. The van der Waals surface area contributed by atoms with Gasteiger partial charge in [-0.05, 0) is 75.0 Å². The second kappa shape index (κ2) is 14.7. The topological polar surface area (TPSA) is 159 Å². The summed E-state index contributed by atoms with van der Waals surface area (Å²) in [7, 11) is -3.56. The molecule has 11 nitrogen and oxygen atoms in total. The van der Waals surface area contributed by atoms with Crippen LogP contribution in [0.2, 0.25) is 0 Å². The lowest BCUT2D eigenvalue weighted by Gasteiger charge is -2.41. The number of hydrogen-bond donors (Lipinski definition) is 3. The molecule has 3 N–H and O–H groups in total. The fourth-order valence-electron chi connectivity index (χ4n) is 8.19. The van der Waals surface area contributed by atoms with E-state index in [1.54, 1.807) is 25.7 Å². The summed E-state index contributed by atoms with van der Waals surface area (Å²) in [6, 6.07) is -2.38. The molecule has 5 atom stereocenters. The molecule has 0 aromatic rings. The molecule has 4 amide bonds. The number of Topliss-reactive ketones (excluding diaryl/α,β-unsaturated/α-hetero) is 2. The van der Waals surface area contributed by atoms with Crippen molar-refractivity contribution in [3.05, 3.63) is 12.7 Å². The van der Waals surface area contributed by atoms with Crippen LogP contribution in [0.5, 0.6) is 0 Å². The second-order valence-corrected chi connectivity index (χ2v) is 21.0. The Bertz CT molecular complexity index is 1450. The highest BCUT2D eigenvalue weighted by molar-refractivity contribution is 7.92. The van der Waals surface area contributed by atoms with Crippen LogP contribution >= 0.6 is 0 Å². The van der Waals surface area contributed by atoms with E-state index in [0.29, 0.717) is 31.7 Å². The molecule has 0 aromatic carbocycles. The summed E-state index contributed by atoms with van der Waals surface area (Å²) in [5.74, 6) is -2.38. The van der Waals surface area contributed by atoms with Crippen molar-refractivity contribution in [2.75, 3.05) is 18.8 Å². The first-order valence-electron chi connectivity index (χ1n) is 18.6. The third kappa shape index (κ3) is 8.99. The van der Waals surface area contributed by atoms with Crippen LogP contribution in [-0.4, -0.2) is 83.9 Å². The molecule has 0 radical (unpaired) electrons. The molecule has 3 aliphatic carbocycles. The lowest BCUT2D eigenvalue weighted by molar-refractivity contribution is -0.145. The molecule has 4 aliphatic rings. The van der Waals surface area contributed by atoms with Crippen molar-refractivity contribution in [3.63, 3.8) is 0 Å². The van der Waals surface area contributed by atoms with E-state index in [0.717, 1.165) is 38.5 Å². The smallest absolute Gasteiger partial charge is 0.315 e. The number of likely N-dealkylation sites (tertiary alicyclic amines) is 1. The van der Waals surface area contributed by atoms with Gasteiger partial charge in [0.05, 0.1) is 22.1 Å². The Morgan fingerprint density at radius 1 is 0.980 bits per heavy atom. The number of fused-ring (bicyclic) bond motifs is 1. The van der Waals surface area contributed by atoms with E-state index in [1.165, 1.54) is 6.08 Å². The third-order valence-corrected chi connectivity index (χ3v) is 14.7. The number of nitrogens with zero attached hydrogens (tertiary/aromatic N) is 1. The van der Waals surface area contributed by atoms with E-state index in [9.17, 15) is 32.4 Å². The van der Waals surface area contributed by atoms with Gasteiger partial charge in [-0.3, -0.25) is 19.2 Å². The largest absolute Gasteiger partial charge is 0.346 e. The van der Waals surface area contributed by atoms with Crippen molar-refractivity contribution in [1.82, 2.24) is 20.9 Å². The van der Waals surface area contributed by atoms with Crippen molar-refractivity contribution in [3.8, 4) is 0 Å². The average Bonchev–Trinajstić information content (AvgIpc) is 3.87. The molecule has 0 bridgehead atoms. The van der Waals surface area contributed by atoms with Crippen molar-refractivity contribution in [2.24, 2.45) is 34.5 Å². The number of carbonyl (C=O) groups is 5. The van der Waals surface area contributed by atoms with Gasteiger partial charge in [-0.2, -0.15) is 0 Å². The predicted octanol–water partition coefficient (Wildman–Crippen LogP) is 4.74. The number of piperidine rings is 1. The number of nitrogens with one attached hydrogen (secondary N) is 3. The summed E-state index contributed by atoms with van der Waals surface area (Å²) in [6.07, 6.45) is 8.34. The molecular formula is C38H62N4O7S. The van der Waals surface area contributed by atoms with Crippen LogP contribution in [0.4, 0.5) is 4.79 Å². The molecule has 1 aliphatic heterocycles. The lowest BCUT2D eigenvalue weighted by Crippen LogP contribution is -2.63. The maximum absolute atomic E-state index is 14.5. The fraction of sp³-hybridized carbons (Fsp3) is 0.816. The lowest BCUT2D eigenvalue weighted by atomic mass is 9.83. The molecule has 0 spiro atoms. The number of hydrogen-bond acceptors (Lipinski definition) is 7. The first kappa shape index (κ1) is 40.0. The van der Waals surface area contributed by atoms with E-state index in [2.05, 4.69) is 36.4 Å². The van der Waals surface area contributed by atoms with Gasteiger partial charge in [-0.1, -0.05) is 72.8 Å². The monoisotopic (exact) mass is 718 g/mol. The van der Waals surface area contributed by atoms with Crippen molar-refractivity contribution >= 4 is 39.2 Å². The van der Waals surface area contributed by atoms with E-state index < -0.39 is 61.3 Å². The van der Waals surface area contributed by atoms with Crippen LogP contribution in [0.25, 0.3) is 0 Å². The SMILES string of the molecule is C=CCNC(=O)C(=O)[C@H](CCC1CC1)CC(=O)[C@@H]1[C@@H]2[C@H](CN1C(=O)[C@@H](NC(=O)NC1(CS(=O)(=O)C(C)(C)C)CCCCC1)C(C)(C)C)C2(C)C. The number of rotatable bonds is 15. The molecule has 1 saturated heterocycles. The minimum atomic E-state index is -3.56. The molecule has 4 fully saturated rings. The quantitative estimate of drug-likeness (QED) is 0.163. The van der Waals surface area contributed by atoms with Crippen LogP contribution in [0.1, 0.15) is 120 Å². The highest BCUT2D eigenvalue weighted by Gasteiger charge is 2.69. The number of amides is 4. The van der Waals surface area contributed by atoms with Gasteiger partial charge in [-0.25, -0.2) is 13.2 Å². The molecule has 0 unspecified atom stereocenters. The average molecular weight is 719 g/mol. The minimum absolute atomic E-state index is 0.0877.